The van der Waals surface area contributed by atoms with Gasteiger partial charge in [0.15, 0.2) is 0 Å². The average Bonchev–Trinajstić information content (AvgIpc) is 3.07. The van der Waals surface area contributed by atoms with E-state index in [1.54, 1.807) is 0 Å². The summed E-state index contributed by atoms with van der Waals surface area (Å²) in [6.07, 6.45) is 5.09. The molecule has 2 heterocycles. The second-order valence-electron chi connectivity index (χ2n) is 6.57. The fourth-order valence-corrected chi connectivity index (χ4v) is 4.20. The first-order valence-corrected chi connectivity index (χ1v) is 7.93. The van der Waals surface area contributed by atoms with Gasteiger partial charge in [0.2, 0.25) is 0 Å². The van der Waals surface area contributed by atoms with Gasteiger partial charge in [-0.05, 0) is 60.9 Å². The molecule has 1 aromatic carbocycles. The van der Waals surface area contributed by atoms with Crippen molar-refractivity contribution in [1.29, 1.82) is 0 Å². The van der Waals surface area contributed by atoms with Crippen LogP contribution in [0.3, 0.4) is 0 Å². The van der Waals surface area contributed by atoms with Crippen molar-refractivity contribution >= 4 is 5.91 Å². The Labute approximate surface area is 120 Å². The molecule has 2 aliphatic heterocycles. The number of fused-ring (bicyclic) bond motifs is 2. The largest absolute Gasteiger partial charge is 0.338 e. The quantitative estimate of drug-likeness (QED) is 0.848. The van der Waals surface area contributed by atoms with Crippen LogP contribution in [-0.4, -0.2) is 30.4 Å². The Morgan fingerprint density at radius 1 is 1.15 bits per heavy atom. The molecule has 3 aliphatic rings. The lowest BCUT2D eigenvalue weighted by Gasteiger charge is -2.21. The van der Waals surface area contributed by atoms with Crippen molar-refractivity contribution in [3.8, 4) is 0 Å². The second kappa shape index (κ2) is 4.88. The molecule has 20 heavy (non-hydrogen) atoms. The minimum Gasteiger partial charge on any atom is -0.338 e. The summed E-state index contributed by atoms with van der Waals surface area (Å²) in [6.45, 7) is 3.93. The zero-order chi connectivity index (χ0) is 13.5. The van der Waals surface area contributed by atoms with Crippen LogP contribution < -0.4 is 5.32 Å². The van der Waals surface area contributed by atoms with Gasteiger partial charge in [-0.3, -0.25) is 4.79 Å². The van der Waals surface area contributed by atoms with Crippen LogP contribution in [0.25, 0.3) is 0 Å². The molecule has 2 fully saturated rings. The minimum atomic E-state index is 0.243. The Hall–Kier alpha value is -1.35. The van der Waals surface area contributed by atoms with Crippen LogP contribution >= 0.6 is 0 Å². The fourth-order valence-electron chi connectivity index (χ4n) is 4.20. The van der Waals surface area contributed by atoms with Gasteiger partial charge < -0.3 is 10.2 Å². The van der Waals surface area contributed by atoms with Crippen molar-refractivity contribution in [2.45, 2.75) is 32.2 Å². The van der Waals surface area contributed by atoms with Gasteiger partial charge in [0, 0.05) is 25.2 Å². The van der Waals surface area contributed by atoms with Gasteiger partial charge in [0.1, 0.15) is 0 Å². The highest BCUT2D eigenvalue weighted by atomic mass is 16.2. The highest BCUT2D eigenvalue weighted by molar-refractivity contribution is 5.94. The molecule has 0 bridgehead atoms. The summed E-state index contributed by atoms with van der Waals surface area (Å²) in [6, 6.07) is 6.29. The van der Waals surface area contributed by atoms with Gasteiger partial charge in [0.25, 0.3) is 5.91 Å². The highest BCUT2D eigenvalue weighted by Gasteiger charge is 2.38. The van der Waals surface area contributed by atoms with Crippen LogP contribution in [-0.2, 0) is 13.0 Å². The van der Waals surface area contributed by atoms with Crippen LogP contribution in [0.1, 0.15) is 40.7 Å². The lowest BCUT2D eigenvalue weighted by Crippen LogP contribution is -2.30. The third-order valence-corrected chi connectivity index (χ3v) is 5.35. The number of nitrogens with one attached hydrogen (secondary N) is 1. The summed E-state index contributed by atoms with van der Waals surface area (Å²) in [5.74, 6) is 1.80. The predicted molar refractivity (Wildman–Crippen MR) is 78.6 cm³/mol. The highest BCUT2D eigenvalue weighted by Crippen LogP contribution is 2.38. The molecule has 1 aromatic rings. The zero-order valence-electron chi connectivity index (χ0n) is 11.9. The second-order valence-corrected chi connectivity index (χ2v) is 6.57. The summed E-state index contributed by atoms with van der Waals surface area (Å²) in [5, 5.41) is 3.38. The number of rotatable bonds is 1. The van der Waals surface area contributed by atoms with E-state index in [-0.39, 0.29) is 5.91 Å². The topological polar surface area (TPSA) is 32.3 Å². The molecule has 0 aromatic heterocycles. The third kappa shape index (κ3) is 2.05. The van der Waals surface area contributed by atoms with Gasteiger partial charge in [-0.1, -0.05) is 12.5 Å². The fraction of sp³-hybridized carbons (Fsp3) is 0.588. The van der Waals surface area contributed by atoms with E-state index in [1.165, 1.54) is 30.4 Å². The van der Waals surface area contributed by atoms with Gasteiger partial charge in [0.05, 0.1) is 0 Å². The van der Waals surface area contributed by atoms with Crippen molar-refractivity contribution in [1.82, 2.24) is 10.2 Å². The van der Waals surface area contributed by atoms with Gasteiger partial charge in [-0.15, -0.1) is 0 Å². The smallest absolute Gasteiger partial charge is 0.253 e. The summed E-state index contributed by atoms with van der Waals surface area (Å²) in [4.78, 5) is 14.8. The van der Waals surface area contributed by atoms with E-state index >= 15 is 0 Å². The average molecular weight is 270 g/mol. The molecule has 1 saturated carbocycles. The molecule has 1 saturated heterocycles. The Bertz CT molecular complexity index is 528. The van der Waals surface area contributed by atoms with E-state index in [1.807, 2.05) is 6.07 Å². The molecule has 0 radical (unpaired) electrons. The summed E-state index contributed by atoms with van der Waals surface area (Å²) in [7, 11) is 0. The van der Waals surface area contributed by atoms with Crippen molar-refractivity contribution in [2.75, 3.05) is 19.6 Å². The van der Waals surface area contributed by atoms with Crippen LogP contribution in [0, 0.1) is 11.8 Å². The van der Waals surface area contributed by atoms with Crippen molar-refractivity contribution < 1.29 is 4.79 Å². The number of hydrogen-bond donors (Lipinski definition) is 1. The monoisotopic (exact) mass is 270 g/mol. The summed E-state index contributed by atoms with van der Waals surface area (Å²) < 4.78 is 0. The molecule has 4 rings (SSSR count). The molecule has 1 aliphatic carbocycles. The first-order chi connectivity index (χ1) is 9.81. The molecule has 0 spiro atoms. The number of hydrogen-bond acceptors (Lipinski definition) is 2. The molecular formula is C17H22N2O. The maximum atomic E-state index is 12.7. The first-order valence-electron chi connectivity index (χ1n) is 7.93. The van der Waals surface area contributed by atoms with E-state index < -0.39 is 0 Å². The van der Waals surface area contributed by atoms with Crippen LogP contribution in [0.5, 0.6) is 0 Å². The summed E-state index contributed by atoms with van der Waals surface area (Å²) >= 11 is 0. The van der Waals surface area contributed by atoms with E-state index in [0.717, 1.165) is 50.0 Å². The van der Waals surface area contributed by atoms with E-state index in [9.17, 15) is 4.79 Å². The van der Waals surface area contributed by atoms with Gasteiger partial charge in [-0.25, -0.2) is 0 Å². The number of carbonyl (C=O) groups excluding carboxylic acids is 1. The number of benzene rings is 1. The summed E-state index contributed by atoms with van der Waals surface area (Å²) in [5.41, 5.74) is 3.59. The molecule has 3 heteroatoms. The van der Waals surface area contributed by atoms with Crippen LogP contribution in [0.15, 0.2) is 18.2 Å². The maximum absolute atomic E-state index is 12.7. The van der Waals surface area contributed by atoms with Crippen molar-refractivity contribution in [2.24, 2.45) is 11.8 Å². The Morgan fingerprint density at radius 2 is 1.95 bits per heavy atom. The van der Waals surface area contributed by atoms with E-state index in [0.29, 0.717) is 0 Å². The molecular weight excluding hydrogens is 248 g/mol. The van der Waals surface area contributed by atoms with Crippen molar-refractivity contribution in [3.05, 3.63) is 34.9 Å². The number of nitrogens with zero attached hydrogens (tertiary/aromatic N) is 1. The number of amides is 1. The maximum Gasteiger partial charge on any atom is 0.253 e. The molecule has 2 atom stereocenters. The van der Waals surface area contributed by atoms with Crippen LogP contribution in [0.4, 0.5) is 0 Å². The predicted octanol–water partition coefficient (Wildman–Crippen LogP) is 2.20. The Kier molecular flexibility index (Phi) is 3.03. The zero-order valence-corrected chi connectivity index (χ0v) is 11.9. The SMILES string of the molecule is O=C(c1ccc2c(c1)CNCC2)N1CC2CCCC2C1. The first kappa shape index (κ1) is 12.4. The molecule has 3 nitrogen and oxygen atoms in total. The third-order valence-electron chi connectivity index (χ3n) is 5.35. The van der Waals surface area contributed by atoms with Gasteiger partial charge in [-0.2, -0.15) is 0 Å². The van der Waals surface area contributed by atoms with Crippen molar-refractivity contribution in [3.63, 3.8) is 0 Å². The lowest BCUT2D eigenvalue weighted by molar-refractivity contribution is 0.0780. The molecule has 2 unspecified atom stereocenters. The van der Waals surface area contributed by atoms with Gasteiger partial charge >= 0.3 is 0 Å². The van der Waals surface area contributed by atoms with E-state index in [4.69, 9.17) is 0 Å². The normalized spacial score (nSPS) is 28.3. The molecule has 1 N–H and O–H groups in total. The standard InChI is InChI=1S/C17H22N2O/c20-17(19-10-14-2-1-3-15(14)11-19)13-5-4-12-6-7-18-9-16(12)8-13/h4-5,8,14-15,18H,1-3,6-7,9-11H2. The Balaban J connectivity index is 1.54. The number of likely N-dealkylation sites (tertiary alicyclic amines) is 1. The Morgan fingerprint density at radius 3 is 2.75 bits per heavy atom. The number of carbonyl (C=O) groups is 1. The molecule has 1 amide bonds. The van der Waals surface area contributed by atoms with E-state index in [2.05, 4.69) is 22.3 Å². The van der Waals surface area contributed by atoms with Crippen LogP contribution in [0.2, 0.25) is 0 Å². The molecule has 106 valence electrons. The minimum absolute atomic E-state index is 0.243. The lowest BCUT2D eigenvalue weighted by atomic mass is 9.98.